The molecule has 1 N–H and O–H groups in total. The van der Waals surface area contributed by atoms with Gasteiger partial charge in [-0.2, -0.15) is 0 Å². The van der Waals surface area contributed by atoms with Gasteiger partial charge in [-0.1, -0.05) is 42.5 Å². The van der Waals surface area contributed by atoms with Gasteiger partial charge < -0.3 is 19.7 Å². The van der Waals surface area contributed by atoms with Crippen LogP contribution in [0.4, 0.5) is 10.1 Å². The van der Waals surface area contributed by atoms with E-state index in [0.717, 1.165) is 22.0 Å². The number of hydrogen-bond acceptors (Lipinski definition) is 6. The van der Waals surface area contributed by atoms with Gasteiger partial charge in [0, 0.05) is 19.5 Å². The summed E-state index contributed by atoms with van der Waals surface area (Å²) in [6, 6.07) is 25.9. The largest absolute Gasteiger partial charge is 0.497 e. The lowest BCUT2D eigenvalue weighted by Crippen LogP contribution is -2.53. The molecular formula is C34H36FN3O6S. The minimum absolute atomic E-state index is 0.00942. The average Bonchev–Trinajstić information content (AvgIpc) is 3.06. The van der Waals surface area contributed by atoms with E-state index in [1.165, 1.54) is 55.5 Å². The van der Waals surface area contributed by atoms with Crippen LogP contribution in [0, 0.1) is 5.82 Å². The van der Waals surface area contributed by atoms with E-state index in [1.54, 1.807) is 31.2 Å². The summed E-state index contributed by atoms with van der Waals surface area (Å²) in [7, 11) is -1.34. The summed E-state index contributed by atoms with van der Waals surface area (Å²) in [4.78, 5) is 29.2. The van der Waals surface area contributed by atoms with Crippen LogP contribution in [-0.2, 0) is 32.6 Å². The number of hydrogen-bond donors (Lipinski definition) is 1. The molecule has 4 aromatic carbocycles. The number of ether oxygens (including phenoxy) is 2. The van der Waals surface area contributed by atoms with Crippen LogP contribution in [0.5, 0.6) is 11.5 Å². The molecule has 11 heteroatoms. The molecule has 1 unspecified atom stereocenters. The fourth-order valence-corrected chi connectivity index (χ4v) is 6.24. The zero-order chi connectivity index (χ0) is 32.4. The quantitative estimate of drug-likeness (QED) is 0.214. The monoisotopic (exact) mass is 633 g/mol. The van der Waals surface area contributed by atoms with Gasteiger partial charge in [0.05, 0.1) is 24.8 Å². The number of carbonyl (C=O) groups excluding carboxylic acids is 2. The summed E-state index contributed by atoms with van der Waals surface area (Å²) in [6.45, 7) is 1.45. The molecule has 0 aliphatic carbocycles. The molecular weight excluding hydrogens is 597 g/mol. The Labute approximate surface area is 263 Å². The third kappa shape index (κ3) is 8.39. The maximum absolute atomic E-state index is 14.4. The van der Waals surface area contributed by atoms with Gasteiger partial charge in [-0.3, -0.25) is 13.9 Å². The Bertz CT molecular complexity index is 1680. The van der Waals surface area contributed by atoms with Gasteiger partial charge in [0.25, 0.3) is 10.0 Å². The minimum Gasteiger partial charge on any atom is -0.497 e. The molecule has 0 spiro atoms. The molecule has 0 heterocycles. The average molecular weight is 634 g/mol. The molecule has 1 atom stereocenters. The smallest absolute Gasteiger partial charge is 0.264 e. The number of methoxy groups -OCH3 is 2. The maximum Gasteiger partial charge on any atom is 0.264 e. The van der Waals surface area contributed by atoms with Crippen LogP contribution in [0.15, 0.2) is 108 Å². The van der Waals surface area contributed by atoms with Crippen molar-refractivity contribution in [3.8, 4) is 11.5 Å². The predicted molar refractivity (Wildman–Crippen MR) is 170 cm³/mol. The SMILES string of the molecule is CCNC(=O)C(Cc1ccccc1)N(Cc1cccc(OC)c1)C(=O)CN(c1ccc(F)cc1)S(=O)(=O)c1ccc(OC)cc1. The first kappa shape index (κ1) is 33.0. The minimum atomic E-state index is -4.33. The molecule has 0 bridgehead atoms. The van der Waals surface area contributed by atoms with Crippen molar-refractivity contribution >= 4 is 27.5 Å². The van der Waals surface area contributed by atoms with E-state index < -0.39 is 34.3 Å². The second kappa shape index (κ2) is 15.2. The number of nitrogens with one attached hydrogen (secondary N) is 1. The maximum atomic E-state index is 14.4. The van der Waals surface area contributed by atoms with Crippen molar-refractivity contribution in [3.05, 3.63) is 120 Å². The number of anilines is 1. The van der Waals surface area contributed by atoms with E-state index in [0.29, 0.717) is 23.6 Å². The first-order chi connectivity index (χ1) is 21.7. The zero-order valence-electron chi connectivity index (χ0n) is 25.4. The molecule has 0 radical (unpaired) electrons. The number of benzene rings is 4. The highest BCUT2D eigenvalue weighted by molar-refractivity contribution is 7.92. The Kier molecular flexibility index (Phi) is 11.2. The summed E-state index contributed by atoms with van der Waals surface area (Å²) in [5, 5.41) is 2.82. The Morgan fingerprint density at radius 1 is 0.822 bits per heavy atom. The highest BCUT2D eigenvalue weighted by atomic mass is 32.2. The Morgan fingerprint density at radius 2 is 1.47 bits per heavy atom. The Balaban J connectivity index is 1.80. The van der Waals surface area contributed by atoms with Crippen molar-refractivity contribution in [2.75, 3.05) is 31.6 Å². The number of amides is 2. The number of sulfonamides is 1. The van der Waals surface area contributed by atoms with E-state index in [1.807, 2.05) is 30.3 Å². The number of nitrogens with zero attached hydrogens (tertiary/aromatic N) is 2. The molecule has 0 aromatic heterocycles. The van der Waals surface area contributed by atoms with E-state index >= 15 is 0 Å². The van der Waals surface area contributed by atoms with Crippen LogP contribution in [-0.4, -0.2) is 58.5 Å². The van der Waals surface area contributed by atoms with E-state index in [9.17, 15) is 22.4 Å². The molecule has 0 saturated carbocycles. The van der Waals surface area contributed by atoms with E-state index in [4.69, 9.17) is 9.47 Å². The molecule has 0 aliphatic rings. The third-order valence-corrected chi connectivity index (χ3v) is 8.94. The highest BCUT2D eigenvalue weighted by Crippen LogP contribution is 2.27. The van der Waals surface area contributed by atoms with Gasteiger partial charge in [0.1, 0.15) is 29.9 Å². The van der Waals surface area contributed by atoms with Crippen molar-refractivity contribution in [1.82, 2.24) is 10.2 Å². The molecule has 2 amide bonds. The molecule has 0 saturated heterocycles. The van der Waals surface area contributed by atoms with Gasteiger partial charge >= 0.3 is 0 Å². The van der Waals surface area contributed by atoms with Crippen LogP contribution >= 0.6 is 0 Å². The van der Waals surface area contributed by atoms with Crippen LogP contribution in [0.25, 0.3) is 0 Å². The van der Waals surface area contributed by atoms with Crippen LogP contribution < -0.4 is 19.1 Å². The molecule has 0 fully saturated rings. The molecule has 9 nitrogen and oxygen atoms in total. The standard InChI is InChI=1S/C34H36FN3O6S/c1-4-36-34(40)32(22-25-9-6-5-7-10-25)37(23-26-11-8-12-30(21-26)44-3)33(39)24-38(28-15-13-27(35)14-16-28)45(41,42)31-19-17-29(43-2)18-20-31/h5-21,32H,4,22-24H2,1-3H3,(H,36,40). The van der Waals surface area contributed by atoms with Crippen LogP contribution in [0.1, 0.15) is 18.1 Å². The van der Waals surface area contributed by atoms with Gasteiger partial charge in [0.2, 0.25) is 11.8 Å². The van der Waals surface area contributed by atoms with Gasteiger partial charge in [-0.15, -0.1) is 0 Å². The van der Waals surface area contributed by atoms with Crippen molar-refractivity contribution in [1.29, 1.82) is 0 Å². The first-order valence-corrected chi connectivity index (χ1v) is 15.8. The second-order valence-electron chi connectivity index (χ2n) is 10.1. The Hall–Kier alpha value is -4.90. The second-order valence-corrected chi connectivity index (χ2v) is 12.0. The number of rotatable bonds is 14. The number of halogens is 1. The van der Waals surface area contributed by atoms with Gasteiger partial charge in [0.15, 0.2) is 0 Å². The lowest BCUT2D eigenvalue weighted by molar-refractivity contribution is -0.140. The summed E-state index contributed by atoms with van der Waals surface area (Å²) in [6.07, 6.45) is 0.185. The normalized spacial score (nSPS) is 11.7. The van der Waals surface area contributed by atoms with Crippen molar-refractivity contribution in [2.45, 2.75) is 30.8 Å². The van der Waals surface area contributed by atoms with E-state index in [2.05, 4.69) is 5.32 Å². The molecule has 4 aromatic rings. The topological polar surface area (TPSA) is 105 Å². The van der Waals surface area contributed by atoms with Gasteiger partial charge in [-0.05, 0) is 78.7 Å². The molecule has 45 heavy (non-hydrogen) atoms. The Morgan fingerprint density at radius 3 is 2.09 bits per heavy atom. The fourth-order valence-electron chi connectivity index (χ4n) is 4.82. The van der Waals surface area contributed by atoms with Crippen molar-refractivity contribution < 1.29 is 31.9 Å². The molecule has 0 aliphatic heterocycles. The lowest BCUT2D eigenvalue weighted by Gasteiger charge is -2.34. The zero-order valence-corrected chi connectivity index (χ0v) is 26.2. The van der Waals surface area contributed by atoms with Crippen LogP contribution in [0.3, 0.4) is 0 Å². The highest BCUT2D eigenvalue weighted by Gasteiger charge is 2.34. The lowest BCUT2D eigenvalue weighted by atomic mass is 10.0. The number of carbonyl (C=O) groups is 2. The summed E-state index contributed by atoms with van der Waals surface area (Å²) >= 11 is 0. The number of likely N-dealkylation sites (N-methyl/N-ethyl adjacent to an activating group) is 1. The van der Waals surface area contributed by atoms with Crippen molar-refractivity contribution in [3.63, 3.8) is 0 Å². The van der Waals surface area contributed by atoms with Crippen LogP contribution in [0.2, 0.25) is 0 Å². The van der Waals surface area contributed by atoms with Crippen molar-refractivity contribution in [2.24, 2.45) is 0 Å². The summed E-state index contributed by atoms with van der Waals surface area (Å²) in [5.41, 5.74) is 1.58. The third-order valence-electron chi connectivity index (χ3n) is 7.15. The summed E-state index contributed by atoms with van der Waals surface area (Å²) in [5.74, 6) is -0.568. The van der Waals surface area contributed by atoms with E-state index in [-0.39, 0.29) is 29.5 Å². The predicted octanol–water partition coefficient (Wildman–Crippen LogP) is 4.81. The van der Waals surface area contributed by atoms with Gasteiger partial charge in [-0.25, -0.2) is 12.8 Å². The fraction of sp³-hybridized carbons (Fsp3) is 0.235. The summed E-state index contributed by atoms with van der Waals surface area (Å²) < 4.78 is 53.5. The molecule has 236 valence electrons. The first-order valence-electron chi connectivity index (χ1n) is 14.3. The molecule has 4 rings (SSSR count).